The molecule has 0 saturated carbocycles. The molecule has 1 N–H and O–H groups in total. The molecule has 2 aromatic heterocycles. The van der Waals surface area contributed by atoms with Gasteiger partial charge in [0.1, 0.15) is 4.21 Å². The van der Waals surface area contributed by atoms with Gasteiger partial charge in [0.2, 0.25) is 0 Å². The molecule has 1 aliphatic heterocycles. The average molecular weight is 381 g/mol. The number of nitrogens with one attached hydrogen (secondary N) is 1. The van der Waals surface area contributed by atoms with Gasteiger partial charge >= 0.3 is 0 Å². The zero-order chi connectivity index (χ0) is 16.7. The Labute approximate surface area is 150 Å². The molecule has 1 saturated heterocycles. The second-order valence-corrected chi connectivity index (χ2v) is 9.59. The van der Waals surface area contributed by atoms with Gasteiger partial charge in [0.05, 0.1) is 0 Å². The molecule has 1 aromatic carbocycles. The Kier molecular flexibility index (Phi) is 4.16. The summed E-state index contributed by atoms with van der Waals surface area (Å²) in [6.45, 7) is 1.11. The Hall–Kier alpha value is -1.34. The monoisotopic (exact) mass is 380 g/mol. The number of aromatic nitrogens is 1. The summed E-state index contributed by atoms with van der Waals surface area (Å²) in [7, 11) is -3.34. The molecule has 0 amide bonds. The number of sulfonamides is 1. The molecule has 126 valence electrons. The summed E-state index contributed by atoms with van der Waals surface area (Å²) in [5.41, 5.74) is 2.31. The van der Waals surface area contributed by atoms with Crippen LogP contribution in [0.4, 0.5) is 0 Å². The number of benzene rings is 1. The third-order valence-corrected chi connectivity index (χ3v) is 8.17. The second-order valence-electron chi connectivity index (χ2n) is 6.04. The lowest BCUT2D eigenvalue weighted by Crippen LogP contribution is -2.37. The predicted octanol–water partition coefficient (Wildman–Crippen LogP) is 4.45. The van der Waals surface area contributed by atoms with Crippen molar-refractivity contribution in [1.29, 1.82) is 0 Å². The predicted molar refractivity (Wildman–Crippen MR) is 98.4 cm³/mol. The third-order valence-electron chi connectivity index (χ3n) is 4.66. The van der Waals surface area contributed by atoms with E-state index in [1.807, 2.05) is 24.4 Å². The van der Waals surface area contributed by atoms with Crippen LogP contribution in [0, 0.1) is 0 Å². The van der Waals surface area contributed by atoms with Crippen LogP contribution >= 0.6 is 22.9 Å². The van der Waals surface area contributed by atoms with Crippen LogP contribution in [0.1, 0.15) is 24.3 Å². The largest absolute Gasteiger partial charge is 0.361 e. The van der Waals surface area contributed by atoms with Crippen molar-refractivity contribution in [3.8, 4) is 0 Å². The fourth-order valence-electron chi connectivity index (χ4n) is 3.40. The summed E-state index contributed by atoms with van der Waals surface area (Å²) in [6.07, 6.45) is 3.68. The van der Waals surface area contributed by atoms with E-state index in [9.17, 15) is 8.42 Å². The number of piperidine rings is 1. The summed E-state index contributed by atoms with van der Waals surface area (Å²) in [6, 6.07) is 9.29. The summed E-state index contributed by atoms with van der Waals surface area (Å²) < 4.78 is 27.3. The van der Waals surface area contributed by atoms with Crippen LogP contribution in [0.5, 0.6) is 0 Å². The number of nitrogens with zero attached hydrogens (tertiary/aromatic N) is 1. The lowest BCUT2D eigenvalue weighted by Gasteiger charge is -2.30. The first-order chi connectivity index (χ1) is 11.6. The molecule has 1 aliphatic rings. The van der Waals surface area contributed by atoms with Crippen molar-refractivity contribution in [1.82, 2.24) is 9.29 Å². The first-order valence-electron chi connectivity index (χ1n) is 7.86. The zero-order valence-corrected chi connectivity index (χ0v) is 15.3. The van der Waals surface area contributed by atoms with E-state index in [0.29, 0.717) is 23.2 Å². The Morgan fingerprint density at radius 3 is 2.71 bits per heavy atom. The van der Waals surface area contributed by atoms with Crippen molar-refractivity contribution in [2.24, 2.45) is 0 Å². The first-order valence-corrected chi connectivity index (χ1v) is 10.6. The van der Waals surface area contributed by atoms with Crippen LogP contribution in [0.15, 0.2) is 46.1 Å². The van der Waals surface area contributed by atoms with Gasteiger partial charge in [-0.05, 0) is 54.0 Å². The molecule has 0 bridgehead atoms. The topological polar surface area (TPSA) is 53.2 Å². The highest BCUT2D eigenvalue weighted by Gasteiger charge is 2.31. The normalized spacial score (nSPS) is 17.5. The Morgan fingerprint density at radius 1 is 1.21 bits per heavy atom. The highest BCUT2D eigenvalue weighted by molar-refractivity contribution is 7.91. The minimum atomic E-state index is -3.34. The molecular formula is C17H17ClN2O2S2. The summed E-state index contributed by atoms with van der Waals surface area (Å²) in [4.78, 5) is 3.29. The molecule has 0 aliphatic carbocycles. The van der Waals surface area contributed by atoms with E-state index in [1.165, 1.54) is 16.9 Å². The highest BCUT2D eigenvalue weighted by atomic mass is 35.5. The third kappa shape index (κ3) is 2.77. The number of H-pyrrole nitrogens is 1. The van der Waals surface area contributed by atoms with Crippen molar-refractivity contribution in [2.45, 2.75) is 23.0 Å². The minimum Gasteiger partial charge on any atom is -0.361 e. The second kappa shape index (κ2) is 6.19. The van der Waals surface area contributed by atoms with E-state index in [4.69, 9.17) is 11.6 Å². The summed E-state index contributed by atoms with van der Waals surface area (Å²) in [5, 5.41) is 3.66. The van der Waals surface area contributed by atoms with Crippen LogP contribution in [-0.4, -0.2) is 30.8 Å². The van der Waals surface area contributed by atoms with Crippen molar-refractivity contribution in [3.63, 3.8) is 0 Å². The molecule has 0 atom stereocenters. The number of rotatable bonds is 3. The lowest BCUT2D eigenvalue weighted by atomic mass is 9.90. The van der Waals surface area contributed by atoms with Crippen LogP contribution < -0.4 is 0 Å². The van der Waals surface area contributed by atoms with Gasteiger partial charge in [0.15, 0.2) is 0 Å². The summed E-state index contributed by atoms with van der Waals surface area (Å²) in [5.74, 6) is 0.354. The van der Waals surface area contributed by atoms with Crippen molar-refractivity contribution >= 4 is 43.9 Å². The van der Waals surface area contributed by atoms with Gasteiger partial charge in [-0.25, -0.2) is 8.42 Å². The van der Waals surface area contributed by atoms with Gasteiger partial charge in [-0.3, -0.25) is 0 Å². The number of thiophene rings is 1. The lowest BCUT2D eigenvalue weighted by molar-refractivity contribution is 0.321. The van der Waals surface area contributed by atoms with Crippen molar-refractivity contribution in [3.05, 3.63) is 52.5 Å². The first kappa shape index (κ1) is 16.1. The van der Waals surface area contributed by atoms with E-state index in [0.717, 1.165) is 28.8 Å². The highest BCUT2D eigenvalue weighted by Crippen LogP contribution is 2.35. The average Bonchev–Trinajstić information content (AvgIpc) is 3.25. The van der Waals surface area contributed by atoms with Gasteiger partial charge in [-0.2, -0.15) is 4.31 Å². The van der Waals surface area contributed by atoms with E-state index in [2.05, 4.69) is 4.98 Å². The van der Waals surface area contributed by atoms with Gasteiger partial charge in [0.25, 0.3) is 10.0 Å². The Bertz CT molecular complexity index is 956. The van der Waals surface area contributed by atoms with E-state index < -0.39 is 10.0 Å². The van der Waals surface area contributed by atoms with Gasteiger partial charge in [0, 0.05) is 35.2 Å². The van der Waals surface area contributed by atoms with E-state index in [1.54, 1.807) is 21.8 Å². The standard InChI is InChI=1S/C17H17ClN2O2S2/c18-13-3-4-16-14(10-13)15(11-19-16)12-5-7-20(8-6-12)24(21,22)17-2-1-9-23-17/h1-4,9-12,19H,5-8H2. The molecule has 0 spiro atoms. The van der Waals surface area contributed by atoms with Crippen LogP contribution in [0.3, 0.4) is 0 Å². The molecule has 0 unspecified atom stereocenters. The van der Waals surface area contributed by atoms with Crippen molar-refractivity contribution in [2.75, 3.05) is 13.1 Å². The minimum absolute atomic E-state index is 0.354. The van der Waals surface area contributed by atoms with Crippen LogP contribution in [0.25, 0.3) is 10.9 Å². The van der Waals surface area contributed by atoms with Gasteiger partial charge < -0.3 is 4.98 Å². The number of hydrogen-bond donors (Lipinski definition) is 1. The quantitative estimate of drug-likeness (QED) is 0.729. The summed E-state index contributed by atoms with van der Waals surface area (Å²) >= 11 is 7.40. The maximum absolute atomic E-state index is 12.6. The van der Waals surface area contributed by atoms with Crippen LogP contribution in [0.2, 0.25) is 5.02 Å². The fourth-order valence-corrected chi connectivity index (χ4v) is 6.18. The molecule has 3 aromatic rings. The fraction of sp³-hybridized carbons (Fsp3) is 0.294. The smallest absolute Gasteiger partial charge is 0.252 e. The number of aromatic amines is 1. The number of hydrogen-bond acceptors (Lipinski definition) is 3. The molecule has 1 fully saturated rings. The van der Waals surface area contributed by atoms with E-state index in [-0.39, 0.29) is 0 Å². The van der Waals surface area contributed by atoms with Crippen LogP contribution in [-0.2, 0) is 10.0 Å². The van der Waals surface area contributed by atoms with E-state index >= 15 is 0 Å². The van der Waals surface area contributed by atoms with Gasteiger partial charge in [-0.15, -0.1) is 11.3 Å². The van der Waals surface area contributed by atoms with Gasteiger partial charge in [-0.1, -0.05) is 17.7 Å². The maximum Gasteiger partial charge on any atom is 0.252 e. The molecule has 4 nitrogen and oxygen atoms in total. The SMILES string of the molecule is O=S(=O)(c1cccs1)N1CCC(c2c[nH]c3ccc(Cl)cc23)CC1. The number of fused-ring (bicyclic) bond motifs is 1. The zero-order valence-electron chi connectivity index (χ0n) is 12.9. The Balaban J connectivity index is 1.55. The number of halogens is 1. The van der Waals surface area contributed by atoms with Crippen molar-refractivity contribution < 1.29 is 8.42 Å². The molecule has 4 rings (SSSR count). The molecular weight excluding hydrogens is 364 g/mol. The molecule has 24 heavy (non-hydrogen) atoms. The maximum atomic E-state index is 12.6. The molecule has 0 radical (unpaired) electrons. The molecule has 3 heterocycles. The molecule has 7 heteroatoms. The Morgan fingerprint density at radius 2 is 2.00 bits per heavy atom.